The van der Waals surface area contributed by atoms with Crippen molar-refractivity contribution in [1.82, 2.24) is 0 Å². The molecule has 0 aliphatic heterocycles. The van der Waals surface area contributed by atoms with Crippen LogP contribution in [0.3, 0.4) is 0 Å². The van der Waals surface area contributed by atoms with Crippen molar-refractivity contribution in [2.45, 2.75) is 29.2 Å². The van der Waals surface area contributed by atoms with Gasteiger partial charge in [-0.05, 0) is 48.2 Å². The van der Waals surface area contributed by atoms with Gasteiger partial charge in [0.1, 0.15) is 0 Å². The van der Waals surface area contributed by atoms with Gasteiger partial charge in [-0.1, -0.05) is 18.2 Å². The molecule has 0 radical (unpaired) electrons. The predicted molar refractivity (Wildman–Crippen MR) is 81.5 cm³/mol. The molecule has 0 bridgehead atoms. The number of benzene rings is 2. The summed E-state index contributed by atoms with van der Waals surface area (Å²) in [5, 5.41) is -0.351. The van der Waals surface area contributed by atoms with Gasteiger partial charge in [0.15, 0.2) is 9.84 Å². The second kappa shape index (κ2) is 5.26. The maximum Gasteiger partial charge on any atom is 0.417 e. The molecule has 1 saturated carbocycles. The number of hydrogen-bond acceptors (Lipinski definition) is 3. The molecule has 0 atom stereocenters. The number of sulfone groups is 1. The number of nitrogen functional groups attached to an aromatic ring is 1. The summed E-state index contributed by atoms with van der Waals surface area (Å²) >= 11 is 0. The minimum Gasteiger partial charge on any atom is -0.399 e. The van der Waals surface area contributed by atoms with E-state index in [1.165, 1.54) is 36.4 Å². The molecule has 7 heteroatoms. The van der Waals surface area contributed by atoms with Crippen molar-refractivity contribution in [1.29, 1.82) is 0 Å². The van der Waals surface area contributed by atoms with Gasteiger partial charge in [0.25, 0.3) is 0 Å². The van der Waals surface area contributed by atoms with Crippen molar-refractivity contribution in [3.05, 3.63) is 48.0 Å². The first-order valence-corrected chi connectivity index (χ1v) is 8.55. The van der Waals surface area contributed by atoms with Crippen molar-refractivity contribution >= 4 is 15.5 Å². The van der Waals surface area contributed by atoms with E-state index in [2.05, 4.69) is 0 Å². The molecule has 2 aromatic rings. The van der Waals surface area contributed by atoms with E-state index in [0.29, 0.717) is 18.4 Å². The van der Waals surface area contributed by atoms with Crippen molar-refractivity contribution < 1.29 is 21.6 Å². The zero-order valence-electron chi connectivity index (χ0n) is 12.0. The summed E-state index contributed by atoms with van der Waals surface area (Å²) in [6.45, 7) is 0. The Bertz CT molecular complexity index is 839. The van der Waals surface area contributed by atoms with Crippen LogP contribution in [0, 0.1) is 0 Å². The minimum absolute atomic E-state index is 0.0222. The molecule has 0 heterocycles. The number of anilines is 1. The van der Waals surface area contributed by atoms with E-state index in [4.69, 9.17) is 5.73 Å². The lowest BCUT2D eigenvalue weighted by Gasteiger charge is -2.14. The Hall–Kier alpha value is -2.02. The Kier molecular flexibility index (Phi) is 3.63. The summed E-state index contributed by atoms with van der Waals surface area (Å²) in [7, 11) is -3.35. The van der Waals surface area contributed by atoms with Crippen LogP contribution in [-0.4, -0.2) is 13.7 Å². The van der Waals surface area contributed by atoms with Gasteiger partial charge in [0, 0.05) is 5.69 Å². The van der Waals surface area contributed by atoms with Gasteiger partial charge >= 0.3 is 6.18 Å². The van der Waals surface area contributed by atoms with Crippen LogP contribution in [0.4, 0.5) is 18.9 Å². The number of halogens is 3. The Morgan fingerprint density at radius 2 is 1.61 bits per heavy atom. The molecule has 1 aliphatic rings. The third-order valence-electron chi connectivity index (χ3n) is 3.81. The largest absolute Gasteiger partial charge is 0.417 e. The maximum absolute atomic E-state index is 13.1. The maximum atomic E-state index is 13.1. The zero-order chi connectivity index (χ0) is 16.8. The molecule has 0 aromatic heterocycles. The summed E-state index contributed by atoms with van der Waals surface area (Å²) in [6, 6.07) is 9.08. The van der Waals surface area contributed by atoms with E-state index < -0.39 is 21.6 Å². The first-order chi connectivity index (χ1) is 10.7. The van der Waals surface area contributed by atoms with Crippen LogP contribution in [0.25, 0.3) is 11.1 Å². The highest BCUT2D eigenvalue weighted by Gasteiger charge is 2.37. The number of hydrogen-bond donors (Lipinski definition) is 1. The van der Waals surface area contributed by atoms with Crippen LogP contribution in [0.2, 0.25) is 0 Å². The fraction of sp³-hybridized carbons (Fsp3) is 0.250. The molecule has 0 amide bonds. The Labute approximate surface area is 131 Å². The average molecular weight is 341 g/mol. The van der Waals surface area contributed by atoms with E-state index >= 15 is 0 Å². The number of rotatable bonds is 3. The van der Waals surface area contributed by atoms with Gasteiger partial charge in [0.2, 0.25) is 0 Å². The van der Waals surface area contributed by atoms with E-state index in [9.17, 15) is 21.6 Å². The normalized spacial score (nSPS) is 15.6. The lowest BCUT2D eigenvalue weighted by atomic mass is 9.99. The molecule has 1 fully saturated rings. The summed E-state index contributed by atoms with van der Waals surface area (Å²) in [6.07, 6.45) is -3.26. The van der Waals surface area contributed by atoms with Crippen LogP contribution in [0.15, 0.2) is 47.4 Å². The number of nitrogens with two attached hydrogens (primary N) is 1. The molecule has 0 saturated heterocycles. The SMILES string of the molecule is Nc1ccc(-c2ccc(S(=O)(=O)C3CC3)cc2)c(C(F)(F)F)c1. The number of alkyl halides is 3. The van der Waals surface area contributed by atoms with E-state index in [1.807, 2.05) is 0 Å². The summed E-state index contributed by atoms with van der Waals surface area (Å²) in [5.74, 6) is 0. The Balaban J connectivity index is 2.03. The van der Waals surface area contributed by atoms with Crippen LogP contribution in [0.5, 0.6) is 0 Å². The highest BCUT2D eigenvalue weighted by atomic mass is 32.2. The topological polar surface area (TPSA) is 60.2 Å². The predicted octanol–water partition coefficient (Wildman–Crippen LogP) is 3.89. The third kappa shape index (κ3) is 3.06. The van der Waals surface area contributed by atoms with E-state index in [-0.39, 0.29) is 21.4 Å². The van der Waals surface area contributed by atoms with Gasteiger partial charge in [-0.15, -0.1) is 0 Å². The molecule has 0 unspecified atom stereocenters. The van der Waals surface area contributed by atoms with Crippen LogP contribution in [0.1, 0.15) is 18.4 Å². The molecule has 0 spiro atoms. The zero-order valence-corrected chi connectivity index (χ0v) is 12.8. The van der Waals surface area contributed by atoms with Gasteiger partial charge in [-0.25, -0.2) is 8.42 Å². The van der Waals surface area contributed by atoms with Crippen LogP contribution in [-0.2, 0) is 16.0 Å². The smallest absolute Gasteiger partial charge is 0.399 e. The lowest BCUT2D eigenvalue weighted by molar-refractivity contribution is -0.137. The van der Waals surface area contributed by atoms with Crippen LogP contribution >= 0.6 is 0 Å². The molecule has 2 N–H and O–H groups in total. The van der Waals surface area contributed by atoms with Crippen molar-refractivity contribution in [3.8, 4) is 11.1 Å². The van der Waals surface area contributed by atoms with E-state index in [1.54, 1.807) is 0 Å². The quantitative estimate of drug-likeness (QED) is 0.862. The first-order valence-electron chi connectivity index (χ1n) is 7.00. The molecule has 1 aliphatic carbocycles. The molecule has 122 valence electrons. The van der Waals surface area contributed by atoms with Crippen molar-refractivity contribution in [3.63, 3.8) is 0 Å². The summed E-state index contributed by atoms with van der Waals surface area (Å²) < 4.78 is 63.7. The van der Waals surface area contributed by atoms with Gasteiger partial charge in [-0.3, -0.25) is 0 Å². The minimum atomic E-state index is -4.54. The fourth-order valence-electron chi connectivity index (χ4n) is 2.44. The van der Waals surface area contributed by atoms with Gasteiger partial charge in [-0.2, -0.15) is 13.2 Å². The monoisotopic (exact) mass is 341 g/mol. The molecular weight excluding hydrogens is 327 g/mol. The molecular formula is C16H14F3NO2S. The fourth-order valence-corrected chi connectivity index (χ4v) is 4.10. The Morgan fingerprint density at radius 3 is 2.13 bits per heavy atom. The first kappa shape index (κ1) is 15.9. The van der Waals surface area contributed by atoms with Gasteiger partial charge in [0.05, 0.1) is 15.7 Å². The highest BCUT2D eigenvalue weighted by Crippen LogP contribution is 2.39. The van der Waals surface area contributed by atoms with Gasteiger partial charge < -0.3 is 5.73 Å². The second-order valence-corrected chi connectivity index (χ2v) is 7.80. The van der Waals surface area contributed by atoms with Crippen molar-refractivity contribution in [2.75, 3.05) is 5.73 Å². The lowest BCUT2D eigenvalue weighted by Crippen LogP contribution is -2.09. The summed E-state index contributed by atoms with van der Waals surface area (Å²) in [4.78, 5) is 0.146. The molecule has 23 heavy (non-hydrogen) atoms. The molecule has 2 aromatic carbocycles. The third-order valence-corrected chi connectivity index (χ3v) is 6.08. The highest BCUT2D eigenvalue weighted by molar-refractivity contribution is 7.92. The van der Waals surface area contributed by atoms with Crippen LogP contribution < -0.4 is 5.73 Å². The second-order valence-electron chi connectivity index (χ2n) is 5.57. The standard InChI is InChI=1S/C16H14F3NO2S/c17-16(18,19)15-9-11(20)3-8-14(15)10-1-4-12(5-2-10)23(21,22)13-6-7-13/h1-5,8-9,13H,6-7,20H2. The molecule has 3 nitrogen and oxygen atoms in total. The van der Waals surface area contributed by atoms with E-state index in [0.717, 1.165) is 6.07 Å². The van der Waals surface area contributed by atoms with Crippen molar-refractivity contribution in [2.24, 2.45) is 0 Å². The summed E-state index contributed by atoms with van der Waals surface area (Å²) in [5.41, 5.74) is 4.90. The molecule has 3 rings (SSSR count). The Morgan fingerprint density at radius 1 is 1.00 bits per heavy atom. The average Bonchev–Trinajstić information content (AvgIpc) is 3.31.